The third kappa shape index (κ3) is 5.94. The molecule has 0 N–H and O–H groups in total. The van der Waals surface area contributed by atoms with Crippen LogP contribution in [0.4, 0.5) is 0 Å². The van der Waals surface area contributed by atoms with Gasteiger partial charge in [-0.15, -0.1) is 0 Å². The molecule has 0 aliphatic carbocycles. The highest BCUT2D eigenvalue weighted by molar-refractivity contribution is 5.37. The van der Waals surface area contributed by atoms with E-state index in [2.05, 4.69) is 68.7 Å². The molecule has 0 aromatic heterocycles. The molecular weight excluding hydrogens is 230 g/mol. The third-order valence-corrected chi connectivity index (χ3v) is 3.19. The zero-order valence-electron chi connectivity index (χ0n) is 12.9. The first-order valence-electron chi connectivity index (χ1n) is 7.48. The van der Waals surface area contributed by atoms with Gasteiger partial charge in [-0.3, -0.25) is 4.90 Å². The Hall–Kier alpha value is -1.26. The number of hydrogen-bond donors (Lipinski definition) is 0. The van der Waals surface area contributed by atoms with Crippen LogP contribution in [0.15, 0.2) is 24.3 Å². The summed E-state index contributed by atoms with van der Waals surface area (Å²) >= 11 is 0. The molecule has 1 nitrogen and oxygen atoms in total. The second-order valence-corrected chi connectivity index (χ2v) is 5.35. The van der Waals surface area contributed by atoms with E-state index in [1.54, 1.807) is 0 Å². The Morgan fingerprint density at radius 1 is 1.00 bits per heavy atom. The molecule has 0 unspecified atom stereocenters. The maximum Gasteiger partial charge on any atom is 0.0605 e. The van der Waals surface area contributed by atoms with E-state index in [1.807, 2.05) is 0 Å². The van der Waals surface area contributed by atoms with Crippen molar-refractivity contribution in [3.63, 3.8) is 0 Å². The highest BCUT2D eigenvalue weighted by Gasteiger charge is 1.99. The van der Waals surface area contributed by atoms with Crippen molar-refractivity contribution < 1.29 is 0 Å². The molecule has 0 aliphatic heterocycles. The summed E-state index contributed by atoms with van der Waals surface area (Å²) in [6.45, 7) is 12.1. The lowest BCUT2D eigenvalue weighted by atomic mass is 10.0. The maximum absolute atomic E-state index is 3.30. The first-order chi connectivity index (χ1) is 9.17. The van der Waals surface area contributed by atoms with Crippen LogP contribution in [0.5, 0.6) is 0 Å². The van der Waals surface area contributed by atoms with Crippen LogP contribution < -0.4 is 0 Å². The first kappa shape index (κ1) is 15.8. The van der Waals surface area contributed by atoms with Gasteiger partial charge in [0.25, 0.3) is 0 Å². The minimum atomic E-state index is 0.589. The normalized spacial score (nSPS) is 10.6. The van der Waals surface area contributed by atoms with Gasteiger partial charge in [-0.25, -0.2) is 0 Å². The molecule has 1 aromatic rings. The summed E-state index contributed by atoms with van der Waals surface area (Å²) in [5.41, 5.74) is 2.50. The molecule has 1 aromatic carbocycles. The van der Waals surface area contributed by atoms with Crippen molar-refractivity contribution >= 4 is 0 Å². The Morgan fingerprint density at radius 3 is 2.05 bits per heavy atom. The minimum Gasteiger partial charge on any atom is -0.292 e. The molecule has 0 saturated carbocycles. The van der Waals surface area contributed by atoms with Crippen molar-refractivity contribution in [1.82, 2.24) is 4.90 Å². The molecule has 0 bridgehead atoms. The maximum atomic E-state index is 3.30. The summed E-state index contributed by atoms with van der Waals surface area (Å²) in [6, 6.07) is 8.63. The third-order valence-electron chi connectivity index (χ3n) is 3.19. The molecule has 0 heterocycles. The quantitative estimate of drug-likeness (QED) is 0.687. The van der Waals surface area contributed by atoms with E-state index in [-0.39, 0.29) is 0 Å². The Bertz CT molecular complexity index is 400. The molecule has 1 rings (SSSR count). The number of benzene rings is 1. The Morgan fingerprint density at radius 2 is 1.58 bits per heavy atom. The molecule has 19 heavy (non-hydrogen) atoms. The van der Waals surface area contributed by atoms with Gasteiger partial charge in [0.2, 0.25) is 0 Å². The number of rotatable bonds is 6. The average molecular weight is 257 g/mol. The Balaban J connectivity index is 2.56. The first-order valence-corrected chi connectivity index (χ1v) is 7.48. The van der Waals surface area contributed by atoms with E-state index in [9.17, 15) is 0 Å². The van der Waals surface area contributed by atoms with Crippen LogP contribution in [0.25, 0.3) is 0 Å². The van der Waals surface area contributed by atoms with Gasteiger partial charge >= 0.3 is 0 Å². The number of nitrogens with zero attached hydrogens (tertiary/aromatic N) is 1. The van der Waals surface area contributed by atoms with Crippen LogP contribution in [0, 0.1) is 11.8 Å². The molecule has 0 atom stereocenters. The predicted octanol–water partition coefficient (Wildman–Crippen LogP) is 4.28. The van der Waals surface area contributed by atoms with E-state index >= 15 is 0 Å². The molecule has 0 radical (unpaired) electrons. The van der Waals surface area contributed by atoms with Gasteiger partial charge in [0.15, 0.2) is 0 Å². The van der Waals surface area contributed by atoms with Crippen molar-refractivity contribution in [2.45, 2.75) is 46.5 Å². The fourth-order valence-electron chi connectivity index (χ4n) is 2.11. The van der Waals surface area contributed by atoms with Crippen LogP contribution in [-0.4, -0.2) is 24.5 Å². The van der Waals surface area contributed by atoms with Crippen molar-refractivity contribution in [1.29, 1.82) is 0 Å². The molecule has 0 aliphatic rings. The lowest BCUT2D eigenvalue weighted by Gasteiger charge is -2.17. The summed E-state index contributed by atoms with van der Waals surface area (Å²) in [5.74, 6) is 7.15. The van der Waals surface area contributed by atoms with E-state index in [0.717, 1.165) is 25.2 Å². The summed E-state index contributed by atoms with van der Waals surface area (Å²) in [4.78, 5) is 2.43. The molecule has 1 heteroatoms. The van der Waals surface area contributed by atoms with Gasteiger partial charge in [0, 0.05) is 5.56 Å². The summed E-state index contributed by atoms with van der Waals surface area (Å²) in [7, 11) is 0. The SMILES string of the molecule is CCCN(CC#Cc1ccc(C(C)C)cc1)CCC. The lowest BCUT2D eigenvalue weighted by Crippen LogP contribution is -2.25. The Labute approximate surface area is 119 Å². The summed E-state index contributed by atoms with van der Waals surface area (Å²) in [5, 5.41) is 0. The van der Waals surface area contributed by atoms with Crippen LogP contribution in [0.1, 0.15) is 57.6 Å². The van der Waals surface area contributed by atoms with Crippen LogP contribution >= 0.6 is 0 Å². The predicted molar refractivity (Wildman–Crippen MR) is 84.4 cm³/mol. The van der Waals surface area contributed by atoms with Crippen LogP contribution in [0.2, 0.25) is 0 Å². The van der Waals surface area contributed by atoms with Gasteiger partial charge < -0.3 is 0 Å². The summed E-state index contributed by atoms with van der Waals surface area (Å²) in [6.07, 6.45) is 2.40. The fourth-order valence-corrected chi connectivity index (χ4v) is 2.11. The minimum absolute atomic E-state index is 0.589. The second kappa shape index (κ2) is 8.77. The van der Waals surface area contributed by atoms with Crippen LogP contribution in [-0.2, 0) is 0 Å². The van der Waals surface area contributed by atoms with Gasteiger partial charge in [0.1, 0.15) is 0 Å². The molecule has 0 fully saturated rings. The lowest BCUT2D eigenvalue weighted by molar-refractivity contribution is 0.308. The van der Waals surface area contributed by atoms with E-state index in [0.29, 0.717) is 5.92 Å². The zero-order chi connectivity index (χ0) is 14.1. The molecule has 0 saturated heterocycles. The highest BCUT2D eigenvalue weighted by atomic mass is 15.1. The molecule has 0 spiro atoms. The average Bonchev–Trinajstić information content (AvgIpc) is 2.40. The molecule has 0 amide bonds. The largest absolute Gasteiger partial charge is 0.292 e. The van der Waals surface area contributed by atoms with Crippen molar-refractivity contribution in [2.24, 2.45) is 0 Å². The zero-order valence-corrected chi connectivity index (χ0v) is 12.9. The van der Waals surface area contributed by atoms with Crippen molar-refractivity contribution in [2.75, 3.05) is 19.6 Å². The number of hydrogen-bond acceptors (Lipinski definition) is 1. The van der Waals surface area contributed by atoms with Crippen molar-refractivity contribution in [3.8, 4) is 11.8 Å². The van der Waals surface area contributed by atoms with Crippen molar-refractivity contribution in [3.05, 3.63) is 35.4 Å². The smallest absolute Gasteiger partial charge is 0.0605 e. The van der Waals surface area contributed by atoms with Gasteiger partial charge in [0.05, 0.1) is 6.54 Å². The highest BCUT2D eigenvalue weighted by Crippen LogP contribution is 2.14. The van der Waals surface area contributed by atoms with E-state index in [4.69, 9.17) is 0 Å². The monoisotopic (exact) mass is 257 g/mol. The van der Waals surface area contributed by atoms with E-state index in [1.165, 1.54) is 18.4 Å². The van der Waals surface area contributed by atoms with Gasteiger partial charge in [-0.1, -0.05) is 51.7 Å². The fraction of sp³-hybridized carbons (Fsp3) is 0.556. The standard InChI is InChI=1S/C18H27N/c1-5-13-19(14-6-2)15-7-8-17-9-11-18(12-10-17)16(3)4/h9-12,16H,5-6,13-15H2,1-4H3. The second-order valence-electron chi connectivity index (χ2n) is 5.35. The van der Waals surface area contributed by atoms with Crippen LogP contribution in [0.3, 0.4) is 0 Å². The van der Waals surface area contributed by atoms with Gasteiger partial charge in [-0.2, -0.15) is 0 Å². The summed E-state index contributed by atoms with van der Waals surface area (Å²) < 4.78 is 0. The van der Waals surface area contributed by atoms with Gasteiger partial charge in [-0.05, 0) is 49.5 Å². The van der Waals surface area contributed by atoms with E-state index < -0.39 is 0 Å². The Kier molecular flexibility index (Phi) is 7.30. The molecular formula is C18H27N. The molecule has 104 valence electrons. The topological polar surface area (TPSA) is 3.24 Å².